The van der Waals surface area contributed by atoms with Crippen LogP contribution in [-0.4, -0.2) is 10.9 Å². The number of carbonyl (C=O) groups is 1. The minimum absolute atomic E-state index is 0.273. The van der Waals surface area contributed by atoms with E-state index in [0.29, 0.717) is 10.6 Å². The van der Waals surface area contributed by atoms with Crippen molar-refractivity contribution >= 4 is 17.5 Å². The van der Waals surface area contributed by atoms with E-state index in [-0.39, 0.29) is 5.69 Å². The largest absolute Gasteiger partial charge is 0.364 e. The molecule has 0 aliphatic rings. The summed E-state index contributed by atoms with van der Waals surface area (Å²) < 4.78 is 0. The third kappa shape index (κ3) is 1.68. The van der Waals surface area contributed by atoms with E-state index in [1.54, 1.807) is 13.0 Å². The van der Waals surface area contributed by atoms with Gasteiger partial charge in [0, 0.05) is 6.20 Å². The average molecular weight is 171 g/mol. The number of aryl methyl sites for hydroxylation is 1. The van der Waals surface area contributed by atoms with Crippen molar-refractivity contribution in [3.63, 3.8) is 0 Å². The van der Waals surface area contributed by atoms with Gasteiger partial charge in [-0.15, -0.1) is 0 Å². The van der Waals surface area contributed by atoms with Gasteiger partial charge in [0.15, 0.2) is 0 Å². The van der Waals surface area contributed by atoms with Gasteiger partial charge in [-0.1, -0.05) is 11.6 Å². The number of pyridine rings is 1. The van der Waals surface area contributed by atoms with Crippen LogP contribution in [-0.2, 0) is 0 Å². The molecule has 0 radical (unpaired) electrons. The zero-order chi connectivity index (χ0) is 8.43. The SMILES string of the molecule is Cc1cc(Cl)cnc1C(N)=O. The monoisotopic (exact) mass is 170 g/mol. The number of hydrogen-bond acceptors (Lipinski definition) is 2. The zero-order valence-electron chi connectivity index (χ0n) is 5.97. The Hall–Kier alpha value is -1.09. The molecule has 4 heteroatoms. The number of carbonyl (C=O) groups excluding carboxylic acids is 1. The summed E-state index contributed by atoms with van der Waals surface area (Å²) in [5.74, 6) is -0.529. The number of amides is 1. The number of primary amides is 1. The van der Waals surface area contributed by atoms with Gasteiger partial charge in [-0.2, -0.15) is 0 Å². The first-order valence-electron chi connectivity index (χ1n) is 3.03. The number of nitrogens with zero attached hydrogens (tertiary/aromatic N) is 1. The Morgan fingerprint density at radius 3 is 2.82 bits per heavy atom. The topological polar surface area (TPSA) is 56.0 Å². The van der Waals surface area contributed by atoms with Gasteiger partial charge in [-0.3, -0.25) is 4.79 Å². The third-order valence-corrected chi connectivity index (χ3v) is 1.48. The van der Waals surface area contributed by atoms with Crippen LogP contribution < -0.4 is 5.73 Å². The Morgan fingerprint density at radius 1 is 1.73 bits per heavy atom. The maximum atomic E-state index is 10.6. The number of aromatic nitrogens is 1. The molecule has 0 saturated carbocycles. The zero-order valence-corrected chi connectivity index (χ0v) is 6.72. The first-order chi connectivity index (χ1) is 5.11. The molecular weight excluding hydrogens is 164 g/mol. The molecule has 1 rings (SSSR count). The van der Waals surface area contributed by atoms with Crippen molar-refractivity contribution in [1.82, 2.24) is 4.98 Å². The normalized spacial score (nSPS) is 9.64. The molecule has 0 spiro atoms. The van der Waals surface area contributed by atoms with Crippen molar-refractivity contribution in [2.24, 2.45) is 5.73 Å². The van der Waals surface area contributed by atoms with Gasteiger partial charge in [0.1, 0.15) is 5.69 Å². The van der Waals surface area contributed by atoms with E-state index in [2.05, 4.69) is 4.98 Å². The van der Waals surface area contributed by atoms with Gasteiger partial charge in [0.2, 0.25) is 0 Å². The third-order valence-electron chi connectivity index (χ3n) is 1.28. The molecule has 2 N–H and O–H groups in total. The summed E-state index contributed by atoms with van der Waals surface area (Å²) in [4.78, 5) is 14.4. The molecule has 0 fully saturated rings. The van der Waals surface area contributed by atoms with Crippen molar-refractivity contribution in [2.75, 3.05) is 0 Å². The molecule has 58 valence electrons. The lowest BCUT2D eigenvalue weighted by molar-refractivity contribution is 0.0995. The predicted octanol–water partition coefficient (Wildman–Crippen LogP) is 1.14. The highest BCUT2D eigenvalue weighted by molar-refractivity contribution is 6.30. The number of hydrogen-bond donors (Lipinski definition) is 1. The summed E-state index contributed by atoms with van der Waals surface area (Å²) in [6.45, 7) is 1.74. The van der Waals surface area contributed by atoms with E-state index in [0.717, 1.165) is 0 Å². The summed E-state index contributed by atoms with van der Waals surface area (Å²) in [5, 5.41) is 0.507. The minimum Gasteiger partial charge on any atom is -0.364 e. The lowest BCUT2D eigenvalue weighted by Crippen LogP contribution is -2.14. The highest BCUT2D eigenvalue weighted by Crippen LogP contribution is 2.11. The van der Waals surface area contributed by atoms with Crippen molar-refractivity contribution in [3.05, 3.63) is 28.5 Å². The second-order valence-electron chi connectivity index (χ2n) is 2.18. The number of rotatable bonds is 1. The summed E-state index contributed by atoms with van der Waals surface area (Å²) >= 11 is 5.61. The van der Waals surface area contributed by atoms with E-state index in [1.807, 2.05) is 0 Å². The molecule has 0 bridgehead atoms. The molecule has 1 aromatic heterocycles. The van der Waals surface area contributed by atoms with Crippen molar-refractivity contribution in [1.29, 1.82) is 0 Å². The molecule has 0 aliphatic heterocycles. The Morgan fingerprint density at radius 2 is 2.36 bits per heavy atom. The van der Waals surface area contributed by atoms with Crippen LogP contribution in [0.15, 0.2) is 12.3 Å². The first-order valence-corrected chi connectivity index (χ1v) is 3.41. The van der Waals surface area contributed by atoms with Gasteiger partial charge in [0.25, 0.3) is 5.91 Å². The van der Waals surface area contributed by atoms with Crippen LogP contribution >= 0.6 is 11.6 Å². The van der Waals surface area contributed by atoms with Crippen LogP contribution in [0.3, 0.4) is 0 Å². The second kappa shape index (κ2) is 2.88. The van der Waals surface area contributed by atoms with Gasteiger partial charge in [-0.25, -0.2) is 4.98 Å². The van der Waals surface area contributed by atoms with E-state index in [4.69, 9.17) is 17.3 Å². The maximum absolute atomic E-state index is 10.6. The molecule has 0 saturated heterocycles. The van der Waals surface area contributed by atoms with Crippen molar-refractivity contribution in [2.45, 2.75) is 6.92 Å². The fourth-order valence-corrected chi connectivity index (χ4v) is 1.01. The standard InChI is InChI=1S/C7H7ClN2O/c1-4-2-5(8)3-10-6(4)7(9)11/h2-3H,1H3,(H2,9,11). The molecule has 0 unspecified atom stereocenters. The number of halogens is 1. The van der Waals surface area contributed by atoms with Crippen LogP contribution in [0.1, 0.15) is 16.1 Å². The molecule has 0 aliphatic carbocycles. The van der Waals surface area contributed by atoms with Crippen LogP contribution in [0.25, 0.3) is 0 Å². The molecule has 11 heavy (non-hydrogen) atoms. The van der Waals surface area contributed by atoms with Crippen LogP contribution in [0, 0.1) is 6.92 Å². The summed E-state index contributed by atoms with van der Waals surface area (Å²) in [5.41, 5.74) is 5.99. The molecule has 3 nitrogen and oxygen atoms in total. The fraction of sp³-hybridized carbons (Fsp3) is 0.143. The Bertz CT molecular complexity index is 298. The Labute approximate surface area is 69.2 Å². The summed E-state index contributed by atoms with van der Waals surface area (Å²) in [6, 6.07) is 1.65. The summed E-state index contributed by atoms with van der Waals surface area (Å²) in [6.07, 6.45) is 1.40. The smallest absolute Gasteiger partial charge is 0.267 e. The Kier molecular flexibility index (Phi) is 2.10. The van der Waals surface area contributed by atoms with E-state index in [1.165, 1.54) is 6.20 Å². The Balaban J connectivity index is 3.20. The minimum atomic E-state index is -0.529. The van der Waals surface area contributed by atoms with Crippen LogP contribution in [0.5, 0.6) is 0 Å². The van der Waals surface area contributed by atoms with Gasteiger partial charge < -0.3 is 5.73 Å². The molecular formula is C7H7ClN2O. The average Bonchev–Trinajstić information content (AvgIpc) is 1.85. The lowest BCUT2D eigenvalue weighted by Gasteiger charge is -1.98. The van der Waals surface area contributed by atoms with E-state index < -0.39 is 5.91 Å². The van der Waals surface area contributed by atoms with Crippen molar-refractivity contribution < 1.29 is 4.79 Å². The van der Waals surface area contributed by atoms with Gasteiger partial charge >= 0.3 is 0 Å². The predicted molar refractivity (Wildman–Crippen MR) is 42.5 cm³/mol. The molecule has 1 aromatic rings. The number of nitrogens with two attached hydrogens (primary N) is 1. The van der Waals surface area contributed by atoms with E-state index in [9.17, 15) is 4.79 Å². The molecule has 0 aromatic carbocycles. The summed E-state index contributed by atoms with van der Waals surface area (Å²) in [7, 11) is 0. The molecule has 1 amide bonds. The van der Waals surface area contributed by atoms with E-state index >= 15 is 0 Å². The van der Waals surface area contributed by atoms with Crippen LogP contribution in [0.4, 0.5) is 0 Å². The van der Waals surface area contributed by atoms with Crippen LogP contribution in [0.2, 0.25) is 5.02 Å². The quantitative estimate of drug-likeness (QED) is 0.687. The van der Waals surface area contributed by atoms with Crippen molar-refractivity contribution in [3.8, 4) is 0 Å². The highest BCUT2D eigenvalue weighted by atomic mass is 35.5. The molecule has 0 atom stereocenters. The molecule has 1 heterocycles. The first kappa shape index (κ1) is 8.01. The lowest BCUT2D eigenvalue weighted by atomic mass is 10.2. The fourth-order valence-electron chi connectivity index (χ4n) is 0.798. The van der Waals surface area contributed by atoms with Gasteiger partial charge in [0.05, 0.1) is 5.02 Å². The highest BCUT2D eigenvalue weighted by Gasteiger charge is 2.05. The second-order valence-corrected chi connectivity index (χ2v) is 2.62. The van der Waals surface area contributed by atoms with Gasteiger partial charge in [-0.05, 0) is 18.6 Å². The maximum Gasteiger partial charge on any atom is 0.267 e.